The number of aliphatic carboxylic acids is 1. The van der Waals surface area contributed by atoms with Gasteiger partial charge < -0.3 is 10.0 Å². The van der Waals surface area contributed by atoms with E-state index in [4.69, 9.17) is 5.11 Å². The summed E-state index contributed by atoms with van der Waals surface area (Å²) in [6.07, 6.45) is 0. The molecule has 118 valence electrons. The summed E-state index contributed by atoms with van der Waals surface area (Å²) < 4.78 is 13.1. The van der Waals surface area contributed by atoms with E-state index in [9.17, 15) is 9.18 Å². The number of halogens is 1. The van der Waals surface area contributed by atoms with Crippen molar-refractivity contribution in [1.29, 1.82) is 0 Å². The zero-order chi connectivity index (χ0) is 15.3. The van der Waals surface area contributed by atoms with Gasteiger partial charge in [0.1, 0.15) is 5.82 Å². The monoisotopic (exact) mass is 305 g/mol. The predicted octanol–water partition coefficient (Wildman–Crippen LogP) is 0.853. The van der Waals surface area contributed by atoms with E-state index in [-0.39, 0.29) is 17.8 Å². The molecule has 5 nitrogen and oxygen atoms in total. The molecular formula is C16H20FN3O2. The number of nitrogens with one attached hydrogen (secondary N) is 2. The van der Waals surface area contributed by atoms with Crippen LogP contribution in [0.4, 0.5) is 4.39 Å². The Morgan fingerprint density at radius 1 is 1.27 bits per heavy atom. The lowest BCUT2D eigenvalue weighted by atomic mass is 9.94. The van der Waals surface area contributed by atoms with Gasteiger partial charge in [0.05, 0.1) is 12.0 Å². The van der Waals surface area contributed by atoms with Gasteiger partial charge in [0.2, 0.25) is 0 Å². The number of carboxylic acids is 1. The molecule has 2 heterocycles. The predicted molar refractivity (Wildman–Crippen MR) is 78.3 cm³/mol. The molecule has 1 saturated carbocycles. The molecule has 0 bridgehead atoms. The van der Waals surface area contributed by atoms with Crippen LogP contribution in [-0.4, -0.2) is 42.2 Å². The molecule has 22 heavy (non-hydrogen) atoms. The number of benzene rings is 1. The van der Waals surface area contributed by atoms with Gasteiger partial charge in [-0.05, 0) is 29.5 Å². The summed E-state index contributed by atoms with van der Waals surface area (Å²) in [4.78, 5) is 13.4. The number of piperidine rings is 1. The maximum atomic E-state index is 13.1. The molecular weight excluding hydrogens is 285 g/mol. The van der Waals surface area contributed by atoms with E-state index in [1.54, 1.807) is 0 Å². The van der Waals surface area contributed by atoms with Crippen LogP contribution in [0.3, 0.4) is 0 Å². The number of nitrogens with zero attached hydrogens (tertiary/aromatic N) is 1. The Kier molecular flexibility index (Phi) is 3.40. The van der Waals surface area contributed by atoms with Gasteiger partial charge in [0, 0.05) is 32.1 Å². The fraction of sp³-hybridized carbons (Fsp3) is 0.562. The molecule has 0 spiro atoms. The van der Waals surface area contributed by atoms with Gasteiger partial charge in [0.25, 0.3) is 0 Å². The van der Waals surface area contributed by atoms with Crippen LogP contribution in [0.15, 0.2) is 24.3 Å². The van der Waals surface area contributed by atoms with Crippen molar-refractivity contribution in [2.45, 2.75) is 6.04 Å². The molecule has 3 N–H and O–H groups in total. The highest BCUT2D eigenvalue weighted by atomic mass is 19.1. The SMILES string of the molecule is O=C(O)C1[C@H]2CN(CC3CNNC3c3ccc(F)cc3)C[C@@H]12. The van der Waals surface area contributed by atoms with E-state index in [1.165, 1.54) is 12.1 Å². The first-order chi connectivity index (χ1) is 10.6. The third-order valence-electron chi connectivity index (χ3n) is 5.37. The van der Waals surface area contributed by atoms with Gasteiger partial charge in [-0.15, -0.1) is 0 Å². The maximum absolute atomic E-state index is 13.1. The van der Waals surface area contributed by atoms with Crippen LogP contribution in [0, 0.1) is 29.5 Å². The van der Waals surface area contributed by atoms with Crippen LogP contribution >= 0.6 is 0 Å². The van der Waals surface area contributed by atoms with Gasteiger partial charge in [-0.2, -0.15) is 0 Å². The average Bonchev–Trinajstić information content (AvgIpc) is 2.85. The van der Waals surface area contributed by atoms with E-state index >= 15 is 0 Å². The molecule has 3 aliphatic rings. The Labute approximate surface area is 128 Å². The van der Waals surface area contributed by atoms with Crippen molar-refractivity contribution >= 4 is 5.97 Å². The molecule has 1 aromatic rings. The lowest BCUT2D eigenvalue weighted by molar-refractivity contribution is -0.139. The molecule has 2 saturated heterocycles. The van der Waals surface area contributed by atoms with Gasteiger partial charge in [0.15, 0.2) is 0 Å². The van der Waals surface area contributed by atoms with E-state index in [0.717, 1.165) is 31.7 Å². The summed E-state index contributed by atoms with van der Waals surface area (Å²) in [7, 11) is 0. The van der Waals surface area contributed by atoms with Crippen LogP contribution in [-0.2, 0) is 4.79 Å². The first-order valence-corrected chi connectivity index (χ1v) is 7.82. The maximum Gasteiger partial charge on any atom is 0.307 e. The molecule has 0 radical (unpaired) electrons. The zero-order valence-corrected chi connectivity index (χ0v) is 12.2. The second-order valence-electron chi connectivity index (χ2n) is 6.72. The summed E-state index contributed by atoms with van der Waals surface area (Å²) >= 11 is 0. The smallest absolute Gasteiger partial charge is 0.307 e. The molecule has 1 aromatic carbocycles. The third-order valence-corrected chi connectivity index (χ3v) is 5.37. The Balaban J connectivity index is 1.37. The molecule has 2 aliphatic heterocycles. The van der Waals surface area contributed by atoms with Crippen molar-refractivity contribution < 1.29 is 14.3 Å². The Bertz CT molecular complexity index is 567. The van der Waals surface area contributed by atoms with E-state index in [2.05, 4.69) is 15.8 Å². The standard InChI is InChI=1S/C16H20FN3O2/c17-11-3-1-9(2-4-11)15-10(5-18-19-15)6-20-7-12-13(8-20)14(12)16(21)22/h1-4,10,12-15,18-19H,5-8H2,(H,21,22)/t10?,12-,13+,14?,15?. The quantitative estimate of drug-likeness (QED) is 0.770. The van der Waals surface area contributed by atoms with Gasteiger partial charge in [-0.3, -0.25) is 10.2 Å². The van der Waals surface area contributed by atoms with Gasteiger partial charge >= 0.3 is 5.97 Å². The van der Waals surface area contributed by atoms with Crippen molar-refractivity contribution in [2.24, 2.45) is 23.7 Å². The van der Waals surface area contributed by atoms with Crippen molar-refractivity contribution in [1.82, 2.24) is 15.8 Å². The summed E-state index contributed by atoms with van der Waals surface area (Å²) in [5.74, 6) is 0.150. The van der Waals surface area contributed by atoms with Crippen molar-refractivity contribution in [3.63, 3.8) is 0 Å². The van der Waals surface area contributed by atoms with Crippen molar-refractivity contribution in [3.05, 3.63) is 35.6 Å². The van der Waals surface area contributed by atoms with Crippen LogP contribution in [0.25, 0.3) is 0 Å². The lowest BCUT2D eigenvalue weighted by Gasteiger charge is -2.26. The number of fused-ring (bicyclic) bond motifs is 1. The van der Waals surface area contributed by atoms with E-state index in [0.29, 0.717) is 17.8 Å². The van der Waals surface area contributed by atoms with Crippen molar-refractivity contribution in [3.8, 4) is 0 Å². The van der Waals surface area contributed by atoms with Crippen LogP contribution in [0.2, 0.25) is 0 Å². The van der Waals surface area contributed by atoms with E-state index < -0.39 is 5.97 Å². The number of carboxylic acid groups (broad SMARTS) is 1. The highest BCUT2D eigenvalue weighted by molar-refractivity contribution is 5.74. The minimum absolute atomic E-state index is 0.107. The average molecular weight is 305 g/mol. The first-order valence-electron chi connectivity index (χ1n) is 7.82. The third kappa shape index (κ3) is 2.41. The highest BCUT2D eigenvalue weighted by Crippen LogP contribution is 2.52. The summed E-state index contributed by atoms with van der Waals surface area (Å²) in [6, 6.07) is 6.82. The normalized spacial score (nSPS) is 37.2. The summed E-state index contributed by atoms with van der Waals surface area (Å²) in [5.41, 5.74) is 7.55. The molecule has 0 amide bonds. The largest absolute Gasteiger partial charge is 0.481 e. The summed E-state index contributed by atoms with van der Waals surface area (Å²) in [5, 5.41) is 9.07. The zero-order valence-electron chi connectivity index (χ0n) is 12.2. The highest BCUT2D eigenvalue weighted by Gasteiger charge is 2.59. The minimum atomic E-state index is -0.636. The molecule has 5 atom stereocenters. The number of hydrogen-bond acceptors (Lipinski definition) is 4. The molecule has 3 unspecified atom stereocenters. The fourth-order valence-electron chi connectivity index (χ4n) is 4.19. The topological polar surface area (TPSA) is 64.6 Å². The molecule has 4 rings (SSSR count). The molecule has 6 heteroatoms. The second kappa shape index (κ2) is 5.30. The van der Waals surface area contributed by atoms with Crippen LogP contribution in [0.5, 0.6) is 0 Å². The number of rotatable bonds is 4. The van der Waals surface area contributed by atoms with E-state index in [1.807, 2.05) is 12.1 Å². The lowest BCUT2D eigenvalue weighted by Crippen LogP contribution is -2.34. The van der Waals surface area contributed by atoms with Crippen molar-refractivity contribution in [2.75, 3.05) is 26.2 Å². The number of carbonyl (C=O) groups is 1. The molecule has 3 fully saturated rings. The molecule has 1 aliphatic carbocycles. The molecule has 0 aromatic heterocycles. The van der Waals surface area contributed by atoms with Gasteiger partial charge in [-0.25, -0.2) is 9.82 Å². The summed E-state index contributed by atoms with van der Waals surface area (Å²) in [6.45, 7) is 3.61. The number of likely N-dealkylation sites (tertiary alicyclic amines) is 1. The first kappa shape index (κ1) is 14.1. The number of hydrogen-bond donors (Lipinski definition) is 3. The van der Waals surface area contributed by atoms with Crippen LogP contribution in [0.1, 0.15) is 11.6 Å². The van der Waals surface area contributed by atoms with Crippen LogP contribution < -0.4 is 10.9 Å². The Morgan fingerprint density at radius 2 is 1.95 bits per heavy atom. The van der Waals surface area contributed by atoms with Gasteiger partial charge in [-0.1, -0.05) is 12.1 Å². The Morgan fingerprint density at radius 3 is 2.59 bits per heavy atom. The Hall–Kier alpha value is -1.50. The second-order valence-corrected chi connectivity index (χ2v) is 6.72. The number of hydrazine groups is 1. The fourth-order valence-corrected chi connectivity index (χ4v) is 4.19. The minimum Gasteiger partial charge on any atom is -0.481 e.